The molecule has 0 saturated carbocycles. The molecule has 3 nitrogen and oxygen atoms in total. The normalized spacial score (nSPS) is 13.9. The topological polar surface area (TPSA) is 33.6 Å². The second-order valence-corrected chi connectivity index (χ2v) is 2.84. The van der Waals surface area contributed by atoms with Gasteiger partial charge in [0.25, 0.3) is 0 Å². The molecular weight excluding hydrogens is 164 g/mol. The lowest BCUT2D eigenvalue weighted by Crippen LogP contribution is -2.34. The zero-order valence-corrected chi connectivity index (χ0v) is 8.84. The van der Waals surface area contributed by atoms with E-state index in [-0.39, 0.29) is 0 Å². The SMILES string of the molecule is C=CC(=NC)NC(CC)CCOC. The molecule has 0 heterocycles. The quantitative estimate of drug-likeness (QED) is 0.502. The van der Waals surface area contributed by atoms with E-state index in [0.29, 0.717) is 6.04 Å². The molecule has 3 heteroatoms. The van der Waals surface area contributed by atoms with Gasteiger partial charge in [0, 0.05) is 26.8 Å². The Morgan fingerprint density at radius 2 is 2.38 bits per heavy atom. The van der Waals surface area contributed by atoms with E-state index in [1.165, 1.54) is 0 Å². The molecule has 1 unspecified atom stereocenters. The Hall–Kier alpha value is -0.830. The molecule has 0 aromatic carbocycles. The van der Waals surface area contributed by atoms with Gasteiger partial charge in [0.05, 0.1) is 0 Å². The van der Waals surface area contributed by atoms with E-state index >= 15 is 0 Å². The van der Waals surface area contributed by atoms with E-state index in [1.54, 1.807) is 20.2 Å². The first-order valence-electron chi connectivity index (χ1n) is 4.63. The third-order valence-corrected chi connectivity index (χ3v) is 1.95. The van der Waals surface area contributed by atoms with Crippen LogP contribution in [0.25, 0.3) is 0 Å². The van der Waals surface area contributed by atoms with Crippen molar-refractivity contribution < 1.29 is 4.74 Å². The van der Waals surface area contributed by atoms with Crippen LogP contribution >= 0.6 is 0 Å². The Kier molecular flexibility index (Phi) is 7.30. The average molecular weight is 184 g/mol. The van der Waals surface area contributed by atoms with E-state index < -0.39 is 0 Å². The van der Waals surface area contributed by atoms with Crippen molar-refractivity contribution in [1.82, 2.24) is 5.32 Å². The van der Waals surface area contributed by atoms with Crippen LogP contribution in [0.5, 0.6) is 0 Å². The minimum atomic E-state index is 0.427. The summed E-state index contributed by atoms with van der Waals surface area (Å²) in [5.41, 5.74) is 0. The van der Waals surface area contributed by atoms with Crippen LogP contribution < -0.4 is 5.32 Å². The fourth-order valence-electron chi connectivity index (χ4n) is 1.06. The Labute approximate surface area is 80.9 Å². The van der Waals surface area contributed by atoms with E-state index in [1.807, 2.05) is 0 Å². The molecule has 0 rings (SSSR count). The summed E-state index contributed by atoms with van der Waals surface area (Å²) < 4.78 is 5.02. The van der Waals surface area contributed by atoms with Crippen molar-refractivity contribution in [2.75, 3.05) is 20.8 Å². The summed E-state index contributed by atoms with van der Waals surface area (Å²) in [6, 6.07) is 0.427. The Balaban J connectivity index is 3.88. The highest BCUT2D eigenvalue weighted by Gasteiger charge is 2.05. The predicted octanol–water partition coefficient (Wildman–Crippen LogP) is 1.61. The third kappa shape index (κ3) is 5.42. The Bertz CT molecular complexity index is 166. The lowest BCUT2D eigenvalue weighted by Gasteiger charge is -2.17. The maximum absolute atomic E-state index is 5.02. The van der Waals surface area contributed by atoms with Gasteiger partial charge >= 0.3 is 0 Å². The lowest BCUT2D eigenvalue weighted by atomic mass is 10.1. The molecule has 0 aliphatic carbocycles. The second-order valence-electron chi connectivity index (χ2n) is 2.84. The fraction of sp³-hybridized carbons (Fsp3) is 0.700. The molecule has 76 valence electrons. The van der Waals surface area contributed by atoms with Crippen LogP contribution in [0.1, 0.15) is 19.8 Å². The minimum Gasteiger partial charge on any atom is -0.385 e. The molecule has 0 saturated heterocycles. The van der Waals surface area contributed by atoms with Gasteiger partial charge in [0.15, 0.2) is 0 Å². The number of hydrogen-bond acceptors (Lipinski definition) is 2. The van der Waals surface area contributed by atoms with Crippen LogP contribution in [0.2, 0.25) is 0 Å². The number of methoxy groups -OCH3 is 1. The van der Waals surface area contributed by atoms with Crippen LogP contribution in [0, 0.1) is 0 Å². The number of aliphatic imine (C=N–C) groups is 1. The highest BCUT2D eigenvalue weighted by atomic mass is 16.5. The van der Waals surface area contributed by atoms with Gasteiger partial charge in [0.2, 0.25) is 0 Å². The van der Waals surface area contributed by atoms with Crippen molar-refractivity contribution in [1.29, 1.82) is 0 Å². The largest absolute Gasteiger partial charge is 0.385 e. The average Bonchev–Trinajstić information content (AvgIpc) is 2.19. The number of amidine groups is 1. The molecule has 1 atom stereocenters. The van der Waals surface area contributed by atoms with E-state index in [0.717, 1.165) is 25.3 Å². The molecule has 0 aliphatic heterocycles. The van der Waals surface area contributed by atoms with Gasteiger partial charge in [-0.1, -0.05) is 13.5 Å². The molecule has 0 radical (unpaired) electrons. The van der Waals surface area contributed by atoms with Gasteiger partial charge in [-0.3, -0.25) is 4.99 Å². The van der Waals surface area contributed by atoms with Gasteiger partial charge in [0.1, 0.15) is 5.84 Å². The predicted molar refractivity (Wildman–Crippen MR) is 57.3 cm³/mol. The summed E-state index contributed by atoms with van der Waals surface area (Å²) in [4.78, 5) is 4.05. The summed E-state index contributed by atoms with van der Waals surface area (Å²) in [6.45, 7) is 6.59. The first kappa shape index (κ1) is 12.2. The van der Waals surface area contributed by atoms with Crippen molar-refractivity contribution in [2.24, 2.45) is 4.99 Å². The van der Waals surface area contributed by atoms with Gasteiger partial charge in [-0.15, -0.1) is 0 Å². The van der Waals surface area contributed by atoms with Gasteiger partial charge in [-0.25, -0.2) is 0 Å². The lowest BCUT2D eigenvalue weighted by molar-refractivity contribution is 0.185. The van der Waals surface area contributed by atoms with E-state index in [4.69, 9.17) is 4.74 Å². The highest BCUT2D eigenvalue weighted by molar-refractivity contribution is 5.92. The molecule has 0 fully saturated rings. The van der Waals surface area contributed by atoms with Gasteiger partial charge in [-0.2, -0.15) is 0 Å². The van der Waals surface area contributed by atoms with Crippen LogP contribution in [0.15, 0.2) is 17.6 Å². The van der Waals surface area contributed by atoms with Crippen molar-refractivity contribution >= 4 is 5.84 Å². The molecule has 0 aromatic rings. The Morgan fingerprint density at radius 3 is 2.77 bits per heavy atom. The maximum Gasteiger partial charge on any atom is 0.120 e. The molecule has 0 amide bonds. The standard InChI is InChI=1S/C10H20N2O/c1-5-9(7-8-13-4)12-10(6-2)11-3/h6,9H,2,5,7-8H2,1,3-4H3,(H,11,12). The number of nitrogens with zero attached hydrogens (tertiary/aromatic N) is 1. The number of rotatable bonds is 6. The molecule has 13 heavy (non-hydrogen) atoms. The Morgan fingerprint density at radius 1 is 1.69 bits per heavy atom. The zero-order valence-electron chi connectivity index (χ0n) is 8.84. The van der Waals surface area contributed by atoms with Crippen LogP contribution in [0.4, 0.5) is 0 Å². The summed E-state index contributed by atoms with van der Waals surface area (Å²) >= 11 is 0. The monoisotopic (exact) mass is 184 g/mol. The first-order chi connectivity index (χ1) is 6.28. The number of nitrogens with one attached hydrogen (secondary N) is 1. The molecule has 0 spiro atoms. The van der Waals surface area contributed by atoms with Crippen LogP contribution in [0.3, 0.4) is 0 Å². The summed E-state index contributed by atoms with van der Waals surface area (Å²) in [5.74, 6) is 0.850. The van der Waals surface area contributed by atoms with Crippen molar-refractivity contribution in [3.63, 3.8) is 0 Å². The second kappa shape index (κ2) is 7.80. The summed E-state index contributed by atoms with van der Waals surface area (Å²) in [7, 11) is 3.47. The zero-order chi connectivity index (χ0) is 10.1. The fourth-order valence-corrected chi connectivity index (χ4v) is 1.06. The molecule has 1 N–H and O–H groups in total. The van der Waals surface area contributed by atoms with Crippen molar-refractivity contribution in [3.05, 3.63) is 12.7 Å². The van der Waals surface area contributed by atoms with E-state index in [9.17, 15) is 0 Å². The molecule has 0 aromatic heterocycles. The van der Waals surface area contributed by atoms with Crippen LogP contribution in [-0.2, 0) is 4.74 Å². The number of hydrogen-bond donors (Lipinski definition) is 1. The molecular formula is C10H20N2O. The van der Waals surface area contributed by atoms with Crippen molar-refractivity contribution in [3.8, 4) is 0 Å². The first-order valence-corrected chi connectivity index (χ1v) is 4.63. The van der Waals surface area contributed by atoms with E-state index in [2.05, 4.69) is 23.8 Å². The smallest absolute Gasteiger partial charge is 0.120 e. The maximum atomic E-state index is 5.02. The van der Waals surface area contributed by atoms with Gasteiger partial charge < -0.3 is 10.1 Å². The summed E-state index contributed by atoms with van der Waals surface area (Å²) in [6.07, 6.45) is 3.80. The summed E-state index contributed by atoms with van der Waals surface area (Å²) in [5, 5.41) is 3.29. The number of ether oxygens (including phenoxy) is 1. The minimum absolute atomic E-state index is 0.427. The van der Waals surface area contributed by atoms with Gasteiger partial charge in [-0.05, 0) is 18.9 Å². The third-order valence-electron chi connectivity index (χ3n) is 1.95. The highest BCUT2D eigenvalue weighted by Crippen LogP contribution is 1.97. The van der Waals surface area contributed by atoms with Crippen molar-refractivity contribution in [2.45, 2.75) is 25.8 Å². The molecule has 0 aliphatic rings. The molecule has 0 bridgehead atoms. The van der Waals surface area contributed by atoms with Crippen LogP contribution in [-0.4, -0.2) is 32.6 Å².